The van der Waals surface area contributed by atoms with Gasteiger partial charge >= 0.3 is 0 Å². The van der Waals surface area contributed by atoms with E-state index < -0.39 is 15.6 Å². The van der Waals surface area contributed by atoms with E-state index in [1.165, 1.54) is 6.20 Å². The number of anilines is 1. The third-order valence-corrected chi connectivity index (χ3v) is 3.44. The van der Waals surface area contributed by atoms with Crippen LogP contribution in [-0.4, -0.2) is 42.2 Å². The van der Waals surface area contributed by atoms with Crippen molar-refractivity contribution < 1.29 is 13.5 Å². The van der Waals surface area contributed by atoms with Gasteiger partial charge in [-0.3, -0.25) is 4.79 Å². The second kappa shape index (κ2) is 6.85. The van der Waals surface area contributed by atoms with Crippen LogP contribution in [0.1, 0.15) is 6.42 Å². The van der Waals surface area contributed by atoms with Crippen molar-refractivity contribution in [3.63, 3.8) is 0 Å². The molecule has 0 saturated carbocycles. The van der Waals surface area contributed by atoms with Crippen LogP contribution in [0.5, 0.6) is 0 Å². The first-order valence-electron chi connectivity index (χ1n) is 5.46. The molecule has 0 radical (unpaired) electrons. The quantitative estimate of drug-likeness (QED) is 0.553. The number of aliphatic hydroxyl groups is 1. The summed E-state index contributed by atoms with van der Waals surface area (Å²) in [6, 6.07) is 0. The molecule has 0 atom stereocenters. The van der Waals surface area contributed by atoms with Gasteiger partial charge in [0.15, 0.2) is 0 Å². The Morgan fingerprint density at radius 3 is 2.79 bits per heavy atom. The second-order valence-electron chi connectivity index (χ2n) is 3.77. The Morgan fingerprint density at radius 1 is 1.53 bits per heavy atom. The van der Waals surface area contributed by atoms with Gasteiger partial charge in [-0.2, -0.15) is 5.10 Å². The monoisotopic (exact) mass is 310 g/mol. The maximum Gasteiger partial charge on any atom is 0.287 e. The van der Waals surface area contributed by atoms with Crippen LogP contribution in [0.4, 0.5) is 5.69 Å². The Bertz CT molecular complexity index is 586. The van der Waals surface area contributed by atoms with Crippen LogP contribution in [0.2, 0.25) is 5.02 Å². The lowest BCUT2D eigenvalue weighted by Crippen LogP contribution is -2.26. The molecule has 4 N–H and O–H groups in total. The minimum Gasteiger partial charge on any atom is -0.394 e. The van der Waals surface area contributed by atoms with Gasteiger partial charge in [0.1, 0.15) is 5.02 Å². The van der Waals surface area contributed by atoms with Crippen LogP contribution < -0.4 is 16.0 Å². The summed E-state index contributed by atoms with van der Waals surface area (Å²) >= 11 is 5.84. The third-order valence-electron chi connectivity index (χ3n) is 2.22. The Morgan fingerprint density at radius 2 is 2.21 bits per heavy atom. The van der Waals surface area contributed by atoms with Crippen molar-refractivity contribution in [3.8, 4) is 0 Å². The van der Waals surface area contributed by atoms with Crippen LogP contribution in [0.25, 0.3) is 0 Å². The molecule has 0 unspecified atom stereocenters. The number of nitrogens with one attached hydrogen (secondary N) is 1. The van der Waals surface area contributed by atoms with Gasteiger partial charge in [0.25, 0.3) is 5.56 Å². The number of hydrogen-bond donors (Lipinski definition) is 3. The molecule has 0 bridgehead atoms. The van der Waals surface area contributed by atoms with Crippen molar-refractivity contribution in [2.75, 3.05) is 24.2 Å². The van der Waals surface area contributed by atoms with E-state index in [9.17, 15) is 13.2 Å². The van der Waals surface area contributed by atoms with Crippen LogP contribution in [0.3, 0.4) is 0 Å². The second-order valence-corrected chi connectivity index (χ2v) is 5.88. The van der Waals surface area contributed by atoms with Crippen molar-refractivity contribution in [1.29, 1.82) is 0 Å². The van der Waals surface area contributed by atoms with Crippen LogP contribution in [-0.2, 0) is 16.6 Å². The summed E-state index contributed by atoms with van der Waals surface area (Å²) in [6.45, 7) is 0.135. The average molecular weight is 311 g/mol. The van der Waals surface area contributed by atoms with Crippen molar-refractivity contribution >= 4 is 27.3 Å². The zero-order chi connectivity index (χ0) is 14.5. The van der Waals surface area contributed by atoms with Gasteiger partial charge in [0, 0.05) is 6.54 Å². The molecule has 0 aliphatic carbocycles. The van der Waals surface area contributed by atoms with E-state index in [1.807, 2.05) is 0 Å². The molecule has 10 heteroatoms. The third kappa shape index (κ3) is 5.15. The molecule has 1 aromatic heterocycles. The maximum atomic E-state index is 11.7. The zero-order valence-corrected chi connectivity index (χ0v) is 11.6. The number of halogens is 1. The standard InChI is InChI=1S/C9H15ClN4O4S/c10-8-7(12-2-1-5-19(11,17)18)6-13-14(3-4-15)9(8)16/h6,12,15H,1-5H2,(H2,11,17,18). The van der Waals surface area contributed by atoms with Crippen LogP contribution in [0, 0.1) is 0 Å². The van der Waals surface area contributed by atoms with Crippen molar-refractivity contribution in [2.24, 2.45) is 5.14 Å². The van der Waals surface area contributed by atoms with E-state index in [-0.39, 0.29) is 30.3 Å². The van der Waals surface area contributed by atoms with Crippen LogP contribution in [0.15, 0.2) is 11.0 Å². The van der Waals surface area contributed by atoms with Crippen molar-refractivity contribution in [1.82, 2.24) is 9.78 Å². The lowest BCUT2D eigenvalue weighted by atomic mass is 10.4. The van der Waals surface area contributed by atoms with Gasteiger partial charge in [-0.05, 0) is 6.42 Å². The summed E-state index contributed by atoms with van der Waals surface area (Å²) in [7, 11) is -3.49. The lowest BCUT2D eigenvalue weighted by Gasteiger charge is -2.09. The van der Waals surface area contributed by atoms with Crippen LogP contribution >= 0.6 is 11.6 Å². The first-order valence-corrected chi connectivity index (χ1v) is 7.55. The first kappa shape index (κ1) is 15.9. The maximum absolute atomic E-state index is 11.7. The van der Waals surface area contributed by atoms with E-state index in [1.54, 1.807) is 0 Å². The fourth-order valence-corrected chi connectivity index (χ4v) is 2.10. The molecule has 0 fully saturated rings. The largest absolute Gasteiger partial charge is 0.394 e. The fourth-order valence-electron chi connectivity index (χ4n) is 1.34. The lowest BCUT2D eigenvalue weighted by molar-refractivity contribution is 0.266. The molecular weight excluding hydrogens is 296 g/mol. The number of nitrogens with two attached hydrogens (primary N) is 1. The predicted octanol–water partition coefficient (Wildman–Crippen LogP) is -1.02. The van der Waals surface area contributed by atoms with Crippen molar-refractivity contribution in [2.45, 2.75) is 13.0 Å². The highest BCUT2D eigenvalue weighted by atomic mass is 35.5. The Hall–Kier alpha value is -1.16. The molecule has 1 heterocycles. The molecule has 1 rings (SSSR count). The molecule has 108 valence electrons. The van der Waals surface area contributed by atoms with Gasteiger partial charge in [-0.15, -0.1) is 0 Å². The number of sulfonamides is 1. The van der Waals surface area contributed by atoms with Gasteiger partial charge in [0.05, 0.1) is 30.8 Å². The number of primary sulfonamides is 1. The van der Waals surface area contributed by atoms with E-state index in [0.717, 1.165) is 4.68 Å². The number of rotatable bonds is 7. The summed E-state index contributed by atoms with van der Waals surface area (Å²) < 4.78 is 22.5. The first-order chi connectivity index (χ1) is 8.85. The molecule has 0 aliphatic heterocycles. The Kier molecular flexibility index (Phi) is 5.73. The molecule has 8 nitrogen and oxygen atoms in total. The summed E-state index contributed by atoms with van der Waals surface area (Å²) in [5, 5.41) is 20.1. The van der Waals surface area contributed by atoms with Gasteiger partial charge < -0.3 is 10.4 Å². The summed E-state index contributed by atoms with van der Waals surface area (Å²) in [6.07, 6.45) is 1.63. The molecule has 0 aromatic carbocycles. The normalized spacial score (nSPS) is 11.5. The molecular formula is C9H15ClN4O4S. The highest BCUT2D eigenvalue weighted by Gasteiger charge is 2.09. The highest BCUT2D eigenvalue weighted by Crippen LogP contribution is 2.14. The molecule has 1 aromatic rings. The smallest absolute Gasteiger partial charge is 0.287 e. The van der Waals surface area contributed by atoms with E-state index in [4.69, 9.17) is 21.8 Å². The predicted molar refractivity (Wildman–Crippen MR) is 71.7 cm³/mol. The van der Waals surface area contributed by atoms with Crippen molar-refractivity contribution in [3.05, 3.63) is 21.6 Å². The molecule has 0 amide bonds. The van der Waals surface area contributed by atoms with E-state index in [2.05, 4.69) is 10.4 Å². The summed E-state index contributed by atoms with van der Waals surface area (Å²) in [5.41, 5.74) is -0.206. The molecule has 0 spiro atoms. The SMILES string of the molecule is NS(=O)(=O)CCCNc1cnn(CCO)c(=O)c1Cl. The number of aliphatic hydroxyl groups excluding tert-OH is 1. The number of aromatic nitrogens is 2. The number of hydrogen-bond acceptors (Lipinski definition) is 6. The topological polar surface area (TPSA) is 127 Å². The highest BCUT2D eigenvalue weighted by molar-refractivity contribution is 7.89. The zero-order valence-electron chi connectivity index (χ0n) is 10.0. The van der Waals surface area contributed by atoms with Gasteiger partial charge in [-0.1, -0.05) is 11.6 Å². The molecule has 0 saturated heterocycles. The average Bonchev–Trinajstić information content (AvgIpc) is 2.32. The number of nitrogens with zero attached hydrogens (tertiary/aromatic N) is 2. The summed E-state index contributed by atoms with van der Waals surface area (Å²) in [4.78, 5) is 11.7. The van der Waals surface area contributed by atoms with Gasteiger partial charge in [0.2, 0.25) is 10.0 Å². The minimum absolute atomic E-state index is 0.0564. The Balaban J connectivity index is 2.65. The van der Waals surface area contributed by atoms with Gasteiger partial charge in [-0.25, -0.2) is 18.2 Å². The van der Waals surface area contributed by atoms with E-state index in [0.29, 0.717) is 12.2 Å². The minimum atomic E-state index is -3.49. The fraction of sp³-hybridized carbons (Fsp3) is 0.556. The molecule has 19 heavy (non-hydrogen) atoms. The summed E-state index contributed by atoms with van der Waals surface area (Å²) in [5.74, 6) is -0.160. The molecule has 0 aliphatic rings. The Labute approximate surface area is 115 Å². The van der Waals surface area contributed by atoms with E-state index >= 15 is 0 Å².